The van der Waals surface area contributed by atoms with Crippen molar-refractivity contribution in [3.8, 4) is 11.5 Å². The minimum atomic E-state index is -1.43. The zero-order chi connectivity index (χ0) is 12.9. The van der Waals surface area contributed by atoms with Crippen molar-refractivity contribution in [1.29, 1.82) is 0 Å². The number of benzene rings is 1. The van der Waals surface area contributed by atoms with Crippen LogP contribution in [0.5, 0.6) is 0 Å². The van der Waals surface area contributed by atoms with E-state index in [0.717, 1.165) is 5.56 Å². The third-order valence-electron chi connectivity index (χ3n) is 1.95. The number of aliphatic hydroxyl groups is 1. The molecule has 0 saturated carbocycles. The molecule has 0 aromatic heterocycles. The Kier molecular flexibility index (Phi) is 5.19. The zero-order valence-electron chi connectivity index (χ0n) is 10.4. The maximum absolute atomic E-state index is 9.88. The van der Waals surface area contributed by atoms with E-state index in [1.165, 1.54) is 0 Å². The molecule has 1 aromatic rings. The van der Waals surface area contributed by atoms with Gasteiger partial charge < -0.3 is 5.11 Å². The summed E-state index contributed by atoms with van der Waals surface area (Å²) in [6, 6.07) is 9.87. The highest BCUT2D eigenvalue weighted by Gasteiger charge is 2.10. The average Bonchev–Trinajstić information content (AvgIpc) is 2.26. The number of halogens is 1. The summed E-state index contributed by atoms with van der Waals surface area (Å²) in [5.74, 6) is 2.89. The van der Waals surface area contributed by atoms with Gasteiger partial charge in [0.1, 0.15) is 14.2 Å². The third kappa shape index (κ3) is 5.88. The molecule has 0 saturated heterocycles. The van der Waals surface area contributed by atoms with Gasteiger partial charge in [0.15, 0.2) is 0 Å². The van der Waals surface area contributed by atoms with Crippen LogP contribution in [0.4, 0.5) is 0 Å². The van der Waals surface area contributed by atoms with Crippen molar-refractivity contribution >= 4 is 30.1 Å². The van der Waals surface area contributed by atoms with E-state index in [0.29, 0.717) is 4.48 Å². The number of aliphatic hydroxyl groups excluding tert-OH is 1. The first-order chi connectivity index (χ1) is 7.88. The summed E-state index contributed by atoms with van der Waals surface area (Å²) in [4.78, 5) is 0. The largest absolute Gasteiger partial charge is 0.376 e. The molecule has 0 unspecified atom stereocenters. The molecule has 1 nitrogen and oxygen atoms in total. The fourth-order valence-electron chi connectivity index (χ4n) is 1.14. The normalized spacial score (nSPS) is 13.8. The van der Waals surface area contributed by atoms with E-state index in [2.05, 4.69) is 47.0 Å². The van der Waals surface area contributed by atoms with Crippen LogP contribution in [-0.4, -0.2) is 19.3 Å². The van der Waals surface area contributed by atoms with Gasteiger partial charge in [-0.15, -0.1) is 5.54 Å². The Morgan fingerprint density at radius 3 is 2.41 bits per heavy atom. The van der Waals surface area contributed by atoms with Gasteiger partial charge in [-0.3, -0.25) is 0 Å². The van der Waals surface area contributed by atoms with Crippen LogP contribution in [0.3, 0.4) is 0 Å². The lowest BCUT2D eigenvalue weighted by atomic mass is 10.2. The predicted octanol–water partition coefficient (Wildman–Crippen LogP) is 3.66. The number of hydrogen-bond acceptors (Lipinski definition) is 1. The van der Waals surface area contributed by atoms with Crippen LogP contribution in [0.25, 0.3) is 6.08 Å². The van der Waals surface area contributed by atoms with Crippen molar-refractivity contribution in [3.05, 3.63) is 40.4 Å². The molecule has 0 amide bonds. The molecule has 0 fully saturated rings. The second-order valence-corrected chi connectivity index (χ2v) is 10.5. The Hall–Kier alpha value is -0.823. The first-order valence-electron chi connectivity index (χ1n) is 5.51. The lowest BCUT2D eigenvalue weighted by molar-refractivity contribution is 0.279. The molecule has 0 aliphatic heterocycles. The van der Waals surface area contributed by atoms with Crippen molar-refractivity contribution in [1.82, 2.24) is 0 Å². The second kappa shape index (κ2) is 6.20. The van der Waals surface area contributed by atoms with Crippen LogP contribution >= 0.6 is 15.9 Å². The van der Waals surface area contributed by atoms with E-state index >= 15 is 0 Å². The van der Waals surface area contributed by atoms with Gasteiger partial charge in [0.25, 0.3) is 0 Å². The van der Waals surface area contributed by atoms with Crippen molar-refractivity contribution in [2.45, 2.75) is 25.7 Å². The molecule has 1 aromatic carbocycles. The fourth-order valence-corrected chi connectivity index (χ4v) is 2.09. The lowest BCUT2D eigenvalue weighted by Crippen LogP contribution is -2.17. The zero-order valence-corrected chi connectivity index (χ0v) is 13.0. The Labute approximate surface area is 113 Å². The standard InChI is InChI=1S/C14H17BrOSi/c1-17(2,3)10-9-14(16)13(15)11-12-7-5-4-6-8-12/h4-8,11,14,16H,1-3H3/b13-11-/t14-/m0/s1. The Morgan fingerprint density at radius 1 is 1.29 bits per heavy atom. The Morgan fingerprint density at radius 2 is 1.88 bits per heavy atom. The minimum Gasteiger partial charge on any atom is -0.376 e. The molecule has 1 rings (SSSR count). The van der Waals surface area contributed by atoms with Gasteiger partial charge >= 0.3 is 0 Å². The smallest absolute Gasteiger partial charge is 0.146 e. The van der Waals surface area contributed by atoms with E-state index in [4.69, 9.17) is 0 Å². The van der Waals surface area contributed by atoms with Crippen LogP contribution < -0.4 is 0 Å². The summed E-state index contributed by atoms with van der Waals surface area (Å²) in [6.45, 7) is 6.46. The topological polar surface area (TPSA) is 20.2 Å². The molecule has 0 spiro atoms. The summed E-state index contributed by atoms with van der Waals surface area (Å²) in [7, 11) is -1.43. The molecule has 0 aliphatic rings. The summed E-state index contributed by atoms with van der Waals surface area (Å²) in [5.41, 5.74) is 4.21. The van der Waals surface area contributed by atoms with Crippen molar-refractivity contribution in [2.75, 3.05) is 0 Å². The predicted molar refractivity (Wildman–Crippen MR) is 80.5 cm³/mol. The maximum atomic E-state index is 9.88. The van der Waals surface area contributed by atoms with E-state index < -0.39 is 14.2 Å². The summed E-state index contributed by atoms with van der Waals surface area (Å²) in [6.07, 6.45) is 1.16. The van der Waals surface area contributed by atoms with Crippen molar-refractivity contribution < 1.29 is 5.11 Å². The maximum Gasteiger partial charge on any atom is 0.146 e. The van der Waals surface area contributed by atoms with E-state index in [-0.39, 0.29) is 0 Å². The second-order valence-electron chi connectivity index (χ2n) is 4.86. The van der Waals surface area contributed by atoms with Gasteiger partial charge in [-0.1, -0.05) is 71.8 Å². The van der Waals surface area contributed by atoms with Crippen LogP contribution in [-0.2, 0) is 0 Å². The molecule has 0 bridgehead atoms. The first kappa shape index (κ1) is 14.2. The Balaban J connectivity index is 2.79. The molecule has 17 heavy (non-hydrogen) atoms. The lowest BCUT2D eigenvalue weighted by Gasteiger charge is -2.06. The molecular formula is C14H17BrOSi. The highest BCUT2D eigenvalue weighted by atomic mass is 79.9. The monoisotopic (exact) mass is 308 g/mol. The highest BCUT2D eigenvalue weighted by molar-refractivity contribution is 9.11. The quantitative estimate of drug-likeness (QED) is 0.653. The van der Waals surface area contributed by atoms with Crippen LogP contribution in [0.2, 0.25) is 19.6 Å². The molecule has 90 valence electrons. The molecule has 0 aliphatic carbocycles. The molecule has 0 radical (unpaired) electrons. The molecular weight excluding hydrogens is 292 g/mol. The van der Waals surface area contributed by atoms with Gasteiger partial charge in [0.2, 0.25) is 0 Å². The van der Waals surface area contributed by atoms with E-state index in [1.54, 1.807) is 0 Å². The number of rotatable bonds is 2. The van der Waals surface area contributed by atoms with Gasteiger partial charge in [-0.2, -0.15) is 0 Å². The summed E-state index contributed by atoms with van der Waals surface area (Å²) < 4.78 is 0.703. The average molecular weight is 309 g/mol. The SMILES string of the molecule is C[Si](C)(C)C#C[C@H](O)/C(Br)=C/c1ccccc1. The van der Waals surface area contributed by atoms with E-state index in [9.17, 15) is 5.11 Å². The number of hydrogen-bond donors (Lipinski definition) is 1. The molecule has 0 heterocycles. The van der Waals surface area contributed by atoms with Gasteiger partial charge in [-0.25, -0.2) is 0 Å². The fraction of sp³-hybridized carbons (Fsp3) is 0.286. The van der Waals surface area contributed by atoms with Gasteiger partial charge in [0, 0.05) is 4.48 Å². The van der Waals surface area contributed by atoms with E-state index in [1.807, 2.05) is 36.4 Å². The third-order valence-corrected chi connectivity index (χ3v) is 3.51. The molecule has 3 heteroatoms. The minimum absolute atomic E-state index is 0.703. The summed E-state index contributed by atoms with van der Waals surface area (Å²) >= 11 is 3.37. The highest BCUT2D eigenvalue weighted by Crippen LogP contribution is 2.16. The van der Waals surface area contributed by atoms with Gasteiger partial charge in [-0.05, 0) is 11.6 Å². The summed E-state index contributed by atoms with van der Waals surface area (Å²) in [5, 5.41) is 9.88. The van der Waals surface area contributed by atoms with Crippen LogP contribution in [0.1, 0.15) is 5.56 Å². The Bertz CT molecular complexity index is 449. The van der Waals surface area contributed by atoms with Crippen LogP contribution in [0, 0.1) is 11.5 Å². The van der Waals surface area contributed by atoms with Crippen LogP contribution in [0.15, 0.2) is 34.8 Å². The van der Waals surface area contributed by atoms with Crippen molar-refractivity contribution in [2.24, 2.45) is 0 Å². The van der Waals surface area contributed by atoms with Crippen molar-refractivity contribution in [3.63, 3.8) is 0 Å². The van der Waals surface area contributed by atoms with Gasteiger partial charge in [0.05, 0.1) is 0 Å². The molecule has 1 atom stereocenters. The molecule has 1 N–H and O–H groups in total. The first-order valence-corrected chi connectivity index (χ1v) is 9.81.